The van der Waals surface area contributed by atoms with E-state index in [0.717, 1.165) is 51.4 Å². The molecule has 0 atom stereocenters. The lowest BCUT2D eigenvalue weighted by Gasteiger charge is -2.04. The van der Waals surface area contributed by atoms with Crippen LogP contribution in [0.3, 0.4) is 0 Å². The van der Waals surface area contributed by atoms with Crippen LogP contribution in [0.2, 0.25) is 0 Å². The molecule has 0 bridgehead atoms. The van der Waals surface area contributed by atoms with Crippen LogP contribution in [0.25, 0.3) is 0 Å². The van der Waals surface area contributed by atoms with Gasteiger partial charge in [-0.1, -0.05) is 78.6 Å². The van der Waals surface area contributed by atoms with E-state index < -0.39 is 5.97 Å². The molecule has 4 nitrogen and oxygen atoms in total. The fourth-order valence-corrected chi connectivity index (χ4v) is 2.04. The first-order valence-corrected chi connectivity index (χ1v) is 9.95. The van der Waals surface area contributed by atoms with Crippen molar-refractivity contribution >= 4 is 11.9 Å². The Kier molecular flexibility index (Phi) is 23.0. The second-order valence-corrected chi connectivity index (χ2v) is 6.30. The second kappa shape index (κ2) is 21.9. The van der Waals surface area contributed by atoms with Crippen molar-refractivity contribution in [3.63, 3.8) is 0 Å². The molecule has 0 saturated carbocycles. The largest absolute Gasteiger partial charge is 0.481 e. The molecule has 0 aliphatic heterocycles. The molecule has 0 aliphatic rings. The average Bonchev–Trinajstić information content (AvgIpc) is 2.57. The number of carbonyl (C=O) groups excluding carboxylic acids is 1. The number of carboxylic acid groups (broad SMARTS) is 1. The molecular weight excluding hydrogens is 304 g/mol. The summed E-state index contributed by atoms with van der Waals surface area (Å²) in [5, 5.41) is 8.48. The molecule has 0 rings (SSSR count). The van der Waals surface area contributed by atoms with Gasteiger partial charge in [0.1, 0.15) is 0 Å². The first kappa shape index (κ1) is 25.2. The summed E-state index contributed by atoms with van der Waals surface area (Å²) >= 11 is 0. The summed E-state index contributed by atoms with van der Waals surface area (Å²) < 4.78 is 5.16. The Morgan fingerprint density at radius 3 is 1.67 bits per heavy atom. The lowest BCUT2D eigenvalue weighted by atomic mass is 10.1. The van der Waals surface area contributed by atoms with E-state index in [4.69, 9.17) is 9.84 Å². The number of carboxylic acids is 1. The van der Waals surface area contributed by atoms with Crippen LogP contribution >= 0.6 is 0 Å². The van der Waals surface area contributed by atoms with Gasteiger partial charge in [-0.15, -0.1) is 0 Å². The van der Waals surface area contributed by atoms with Gasteiger partial charge < -0.3 is 9.84 Å². The van der Waals surface area contributed by atoms with Crippen LogP contribution in [-0.2, 0) is 14.3 Å². The van der Waals surface area contributed by atoms with Gasteiger partial charge in [-0.2, -0.15) is 0 Å². The number of aliphatic carboxylic acids is 1. The summed E-state index contributed by atoms with van der Waals surface area (Å²) in [6.07, 6.45) is 13.7. The first-order chi connectivity index (χ1) is 11.6. The highest BCUT2D eigenvalue weighted by molar-refractivity contribution is 5.69. The van der Waals surface area contributed by atoms with Gasteiger partial charge >= 0.3 is 11.9 Å². The highest BCUT2D eigenvalue weighted by atomic mass is 16.5. The molecule has 0 aromatic rings. The molecule has 0 aromatic heterocycles. The zero-order valence-electron chi connectivity index (χ0n) is 16.3. The maximum atomic E-state index is 11.4. The van der Waals surface area contributed by atoms with Gasteiger partial charge in [0.25, 0.3) is 0 Å². The topological polar surface area (TPSA) is 63.6 Å². The highest BCUT2D eigenvalue weighted by Crippen LogP contribution is 2.09. The monoisotopic (exact) mass is 344 g/mol. The van der Waals surface area contributed by atoms with Crippen molar-refractivity contribution in [2.75, 3.05) is 6.61 Å². The summed E-state index contributed by atoms with van der Waals surface area (Å²) in [6, 6.07) is 0. The molecule has 0 heterocycles. The number of rotatable bonds is 15. The zero-order chi connectivity index (χ0) is 18.5. The summed E-state index contributed by atoms with van der Waals surface area (Å²) in [6.45, 7) is 7.09. The molecule has 0 fully saturated rings. The van der Waals surface area contributed by atoms with Gasteiger partial charge in [-0.05, 0) is 19.3 Å². The molecule has 144 valence electrons. The van der Waals surface area contributed by atoms with E-state index in [9.17, 15) is 9.59 Å². The van der Waals surface area contributed by atoms with Crippen LogP contribution in [0.5, 0.6) is 0 Å². The van der Waals surface area contributed by atoms with Gasteiger partial charge in [-0.25, -0.2) is 0 Å². The van der Waals surface area contributed by atoms with E-state index in [-0.39, 0.29) is 12.4 Å². The predicted molar refractivity (Wildman–Crippen MR) is 100 cm³/mol. The molecule has 0 saturated heterocycles. The molecular formula is C20H40O4. The van der Waals surface area contributed by atoms with Crippen LogP contribution < -0.4 is 0 Å². The number of unbranched alkanes of at least 4 members (excludes halogenated alkanes) is 9. The van der Waals surface area contributed by atoms with Crippen molar-refractivity contribution in [3.8, 4) is 0 Å². The van der Waals surface area contributed by atoms with Crippen molar-refractivity contribution in [1.29, 1.82) is 0 Å². The SMILES string of the molecule is CCCC.CCCCCCOC(=O)CCCCCCCCC(=O)O. The van der Waals surface area contributed by atoms with Gasteiger partial charge in [0.2, 0.25) is 0 Å². The Bertz CT molecular complexity index is 275. The Balaban J connectivity index is 0. The lowest BCUT2D eigenvalue weighted by Crippen LogP contribution is -2.05. The normalized spacial score (nSPS) is 9.96. The third-order valence-electron chi connectivity index (χ3n) is 3.78. The number of hydrogen-bond acceptors (Lipinski definition) is 3. The van der Waals surface area contributed by atoms with E-state index in [1.807, 2.05) is 0 Å². The van der Waals surface area contributed by atoms with Crippen LogP contribution in [0.15, 0.2) is 0 Å². The number of hydrogen-bond donors (Lipinski definition) is 1. The van der Waals surface area contributed by atoms with Gasteiger partial charge in [-0.3, -0.25) is 9.59 Å². The Morgan fingerprint density at radius 1 is 0.667 bits per heavy atom. The third kappa shape index (κ3) is 25.9. The lowest BCUT2D eigenvalue weighted by molar-refractivity contribution is -0.144. The minimum absolute atomic E-state index is 0.0765. The summed E-state index contributed by atoms with van der Waals surface area (Å²) in [5.41, 5.74) is 0. The number of ether oxygens (including phenoxy) is 1. The zero-order valence-corrected chi connectivity index (χ0v) is 16.3. The first-order valence-electron chi connectivity index (χ1n) is 9.95. The Labute approximate surface area is 149 Å². The maximum Gasteiger partial charge on any atom is 0.305 e. The quantitative estimate of drug-likeness (QED) is 0.287. The molecule has 0 unspecified atom stereocenters. The molecule has 0 aliphatic carbocycles. The van der Waals surface area contributed by atoms with Crippen molar-refractivity contribution in [2.24, 2.45) is 0 Å². The van der Waals surface area contributed by atoms with Crippen LogP contribution in [0.4, 0.5) is 0 Å². The molecule has 4 heteroatoms. The molecule has 0 aromatic carbocycles. The summed E-state index contributed by atoms with van der Waals surface area (Å²) in [5.74, 6) is -0.793. The average molecular weight is 345 g/mol. The molecule has 0 amide bonds. The van der Waals surface area contributed by atoms with E-state index >= 15 is 0 Å². The standard InChI is InChI=1S/C16H30O4.C4H10/c1-2-3-4-11-14-20-16(19)13-10-8-6-5-7-9-12-15(17)18;1-3-4-2/h2-14H2,1H3,(H,17,18);3-4H2,1-2H3. The van der Waals surface area contributed by atoms with Gasteiger partial charge in [0.15, 0.2) is 0 Å². The smallest absolute Gasteiger partial charge is 0.305 e. The second-order valence-electron chi connectivity index (χ2n) is 6.30. The maximum absolute atomic E-state index is 11.4. The minimum atomic E-state index is -0.716. The minimum Gasteiger partial charge on any atom is -0.481 e. The van der Waals surface area contributed by atoms with Crippen molar-refractivity contribution in [2.45, 2.75) is 111 Å². The number of esters is 1. The van der Waals surface area contributed by atoms with E-state index in [0.29, 0.717) is 13.0 Å². The van der Waals surface area contributed by atoms with E-state index in [2.05, 4.69) is 20.8 Å². The van der Waals surface area contributed by atoms with Crippen LogP contribution in [0.1, 0.15) is 111 Å². The summed E-state index contributed by atoms with van der Waals surface area (Å²) in [4.78, 5) is 21.7. The van der Waals surface area contributed by atoms with Crippen LogP contribution in [0, 0.1) is 0 Å². The molecule has 1 N–H and O–H groups in total. The molecule has 24 heavy (non-hydrogen) atoms. The van der Waals surface area contributed by atoms with E-state index in [1.54, 1.807) is 0 Å². The summed E-state index contributed by atoms with van der Waals surface area (Å²) in [7, 11) is 0. The highest BCUT2D eigenvalue weighted by Gasteiger charge is 2.02. The predicted octanol–water partition coefficient (Wildman–Crippen LogP) is 6.12. The van der Waals surface area contributed by atoms with Crippen molar-refractivity contribution < 1.29 is 19.4 Å². The van der Waals surface area contributed by atoms with E-state index in [1.165, 1.54) is 25.7 Å². The van der Waals surface area contributed by atoms with Crippen LogP contribution in [-0.4, -0.2) is 23.7 Å². The Hall–Kier alpha value is -1.06. The molecule has 0 spiro atoms. The fraction of sp³-hybridized carbons (Fsp3) is 0.900. The van der Waals surface area contributed by atoms with Gasteiger partial charge in [0.05, 0.1) is 6.61 Å². The Morgan fingerprint density at radius 2 is 1.17 bits per heavy atom. The number of carbonyl (C=O) groups is 2. The fourth-order valence-electron chi connectivity index (χ4n) is 2.04. The molecule has 0 radical (unpaired) electrons. The van der Waals surface area contributed by atoms with Crippen molar-refractivity contribution in [1.82, 2.24) is 0 Å². The third-order valence-corrected chi connectivity index (χ3v) is 3.78. The van der Waals surface area contributed by atoms with Crippen molar-refractivity contribution in [3.05, 3.63) is 0 Å². The van der Waals surface area contributed by atoms with Gasteiger partial charge in [0, 0.05) is 12.8 Å².